The van der Waals surface area contributed by atoms with E-state index in [9.17, 15) is 8.42 Å². The summed E-state index contributed by atoms with van der Waals surface area (Å²) >= 11 is 11.6. The summed E-state index contributed by atoms with van der Waals surface area (Å²) < 4.78 is 27.8. The van der Waals surface area contributed by atoms with Crippen LogP contribution in [0.3, 0.4) is 0 Å². The molecule has 0 N–H and O–H groups in total. The van der Waals surface area contributed by atoms with Gasteiger partial charge in [0.2, 0.25) is 10.0 Å². The van der Waals surface area contributed by atoms with Crippen LogP contribution in [0, 0.1) is 0 Å². The molecule has 0 atom stereocenters. The third kappa shape index (κ3) is 2.31. The average molecular weight is 333 g/mol. The van der Waals surface area contributed by atoms with Crippen molar-refractivity contribution in [3.05, 3.63) is 40.6 Å². The summed E-state index contributed by atoms with van der Waals surface area (Å²) in [6.07, 6.45) is 3.28. The minimum atomic E-state index is -3.54. The zero-order chi connectivity index (χ0) is 14.3. The molecule has 1 aliphatic heterocycles. The third-order valence-corrected chi connectivity index (χ3v) is 5.74. The standard InChI is InChI=1S/C11H10Cl2N4O2S/c12-10-2-1-9(5-11(10)13)20(18,19)16-6-8(7-16)17-4-3-14-15-17/h1-5,8H,6-7H2. The van der Waals surface area contributed by atoms with Crippen LogP contribution in [0.15, 0.2) is 35.5 Å². The molecule has 2 heterocycles. The van der Waals surface area contributed by atoms with E-state index in [1.165, 1.54) is 22.5 Å². The highest BCUT2D eigenvalue weighted by molar-refractivity contribution is 7.89. The first-order valence-electron chi connectivity index (χ1n) is 5.79. The van der Waals surface area contributed by atoms with Gasteiger partial charge in [-0.2, -0.15) is 4.31 Å². The van der Waals surface area contributed by atoms with Gasteiger partial charge in [-0.1, -0.05) is 28.4 Å². The molecule has 1 fully saturated rings. The van der Waals surface area contributed by atoms with Crippen molar-refractivity contribution < 1.29 is 8.42 Å². The van der Waals surface area contributed by atoms with E-state index in [1.807, 2.05) is 0 Å². The quantitative estimate of drug-likeness (QED) is 0.859. The number of hydrogen-bond donors (Lipinski definition) is 0. The second kappa shape index (κ2) is 5.00. The van der Waals surface area contributed by atoms with Crippen molar-refractivity contribution in [1.29, 1.82) is 0 Å². The van der Waals surface area contributed by atoms with Crippen molar-refractivity contribution in [1.82, 2.24) is 19.3 Å². The Morgan fingerprint density at radius 2 is 1.95 bits per heavy atom. The molecule has 1 aromatic carbocycles. The van der Waals surface area contributed by atoms with E-state index in [2.05, 4.69) is 10.3 Å². The fraction of sp³-hybridized carbons (Fsp3) is 0.273. The van der Waals surface area contributed by atoms with Crippen LogP contribution >= 0.6 is 23.2 Å². The van der Waals surface area contributed by atoms with E-state index >= 15 is 0 Å². The van der Waals surface area contributed by atoms with E-state index in [4.69, 9.17) is 23.2 Å². The van der Waals surface area contributed by atoms with Gasteiger partial charge in [0.25, 0.3) is 0 Å². The molecule has 0 aliphatic carbocycles. The first-order chi connectivity index (χ1) is 9.48. The molecule has 2 aromatic rings. The smallest absolute Gasteiger partial charge is 0.243 e. The maximum Gasteiger partial charge on any atom is 0.243 e. The molecule has 9 heteroatoms. The van der Waals surface area contributed by atoms with Crippen molar-refractivity contribution >= 4 is 33.2 Å². The summed E-state index contributed by atoms with van der Waals surface area (Å²) in [6.45, 7) is 0.734. The van der Waals surface area contributed by atoms with Gasteiger partial charge < -0.3 is 0 Å². The van der Waals surface area contributed by atoms with Crippen molar-refractivity contribution in [2.45, 2.75) is 10.9 Å². The van der Waals surface area contributed by atoms with Crippen molar-refractivity contribution in [2.24, 2.45) is 0 Å². The van der Waals surface area contributed by atoms with E-state index in [-0.39, 0.29) is 16.0 Å². The predicted molar refractivity (Wildman–Crippen MR) is 74.3 cm³/mol. The van der Waals surface area contributed by atoms with E-state index in [0.717, 1.165) is 0 Å². The van der Waals surface area contributed by atoms with Gasteiger partial charge in [0, 0.05) is 19.3 Å². The van der Waals surface area contributed by atoms with Crippen LogP contribution in [0.1, 0.15) is 6.04 Å². The van der Waals surface area contributed by atoms with Gasteiger partial charge in [0.15, 0.2) is 0 Å². The fourth-order valence-electron chi connectivity index (χ4n) is 1.98. The molecule has 20 heavy (non-hydrogen) atoms. The van der Waals surface area contributed by atoms with Gasteiger partial charge >= 0.3 is 0 Å². The molecule has 0 spiro atoms. The van der Waals surface area contributed by atoms with Crippen molar-refractivity contribution in [3.63, 3.8) is 0 Å². The molecule has 106 valence electrons. The number of hydrogen-bond acceptors (Lipinski definition) is 4. The first kappa shape index (κ1) is 13.8. The molecule has 0 saturated carbocycles. The van der Waals surface area contributed by atoms with Crippen LogP contribution in [0.25, 0.3) is 0 Å². The lowest BCUT2D eigenvalue weighted by Gasteiger charge is -2.37. The van der Waals surface area contributed by atoms with Gasteiger partial charge in [0.1, 0.15) is 0 Å². The van der Waals surface area contributed by atoms with Gasteiger partial charge in [-0.15, -0.1) is 5.10 Å². The molecule has 1 saturated heterocycles. The second-order valence-electron chi connectivity index (χ2n) is 4.43. The van der Waals surface area contributed by atoms with E-state index in [0.29, 0.717) is 18.1 Å². The molecule has 0 unspecified atom stereocenters. The molecular formula is C11H10Cl2N4O2S. The Morgan fingerprint density at radius 1 is 1.20 bits per heavy atom. The molecule has 3 rings (SSSR count). The third-order valence-electron chi connectivity index (χ3n) is 3.17. The number of rotatable bonds is 3. The SMILES string of the molecule is O=S(=O)(c1ccc(Cl)c(Cl)c1)N1CC(n2ccnn2)C1. The Balaban J connectivity index is 1.79. The Hall–Kier alpha value is -1.15. The van der Waals surface area contributed by atoms with Gasteiger partial charge in [-0.3, -0.25) is 0 Å². The van der Waals surface area contributed by atoms with Crippen molar-refractivity contribution in [2.75, 3.05) is 13.1 Å². The molecular weight excluding hydrogens is 323 g/mol. The Kier molecular flexibility index (Phi) is 3.45. The maximum atomic E-state index is 12.4. The Bertz CT molecular complexity index is 727. The van der Waals surface area contributed by atoms with Crippen LogP contribution in [-0.2, 0) is 10.0 Å². The zero-order valence-corrected chi connectivity index (χ0v) is 12.5. The van der Waals surface area contributed by atoms with Gasteiger partial charge in [0.05, 0.1) is 27.2 Å². The Morgan fingerprint density at radius 3 is 2.55 bits per heavy atom. The molecule has 0 bridgehead atoms. The lowest BCUT2D eigenvalue weighted by molar-refractivity contribution is 0.189. The van der Waals surface area contributed by atoms with Gasteiger partial charge in [-0.05, 0) is 18.2 Å². The lowest BCUT2D eigenvalue weighted by atomic mass is 10.2. The van der Waals surface area contributed by atoms with Gasteiger partial charge in [-0.25, -0.2) is 13.1 Å². The summed E-state index contributed by atoms with van der Waals surface area (Å²) in [5.41, 5.74) is 0. The average Bonchev–Trinajstić information content (AvgIpc) is 2.84. The summed E-state index contributed by atoms with van der Waals surface area (Å²) in [5.74, 6) is 0. The zero-order valence-electron chi connectivity index (χ0n) is 10.1. The summed E-state index contributed by atoms with van der Waals surface area (Å²) in [6, 6.07) is 4.31. The van der Waals surface area contributed by atoms with Crippen LogP contribution < -0.4 is 0 Å². The molecule has 6 nitrogen and oxygen atoms in total. The second-order valence-corrected chi connectivity index (χ2v) is 7.19. The van der Waals surface area contributed by atoms with Crippen LogP contribution in [0.2, 0.25) is 10.0 Å². The summed E-state index contributed by atoms with van der Waals surface area (Å²) in [5, 5.41) is 8.12. The minimum absolute atomic E-state index is 0.0232. The highest BCUT2D eigenvalue weighted by atomic mass is 35.5. The van der Waals surface area contributed by atoms with E-state index < -0.39 is 10.0 Å². The molecule has 1 aromatic heterocycles. The Labute approximate surface area is 125 Å². The topological polar surface area (TPSA) is 68.1 Å². The summed E-state index contributed by atoms with van der Waals surface area (Å²) in [4.78, 5) is 0.143. The number of sulfonamides is 1. The maximum absolute atomic E-state index is 12.4. The predicted octanol–water partition coefficient (Wildman–Crippen LogP) is 1.83. The number of benzene rings is 1. The largest absolute Gasteiger partial charge is 0.247 e. The monoisotopic (exact) mass is 332 g/mol. The molecule has 0 amide bonds. The highest BCUT2D eigenvalue weighted by Crippen LogP contribution is 2.30. The molecule has 0 radical (unpaired) electrons. The highest BCUT2D eigenvalue weighted by Gasteiger charge is 2.38. The first-order valence-corrected chi connectivity index (χ1v) is 7.99. The minimum Gasteiger partial charge on any atom is -0.247 e. The number of aromatic nitrogens is 3. The van der Waals surface area contributed by atoms with Crippen LogP contribution in [0.5, 0.6) is 0 Å². The molecule has 1 aliphatic rings. The lowest BCUT2D eigenvalue weighted by Crippen LogP contribution is -2.50. The number of halogens is 2. The fourth-order valence-corrected chi connectivity index (χ4v) is 3.88. The van der Waals surface area contributed by atoms with Crippen LogP contribution in [0.4, 0.5) is 0 Å². The normalized spacial score (nSPS) is 17.1. The van der Waals surface area contributed by atoms with Crippen molar-refractivity contribution in [3.8, 4) is 0 Å². The number of nitrogens with zero attached hydrogens (tertiary/aromatic N) is 4. The van der Waals surface area contributed by atoms with E-state index in [1.54, 1.807) is 17.1 Å². The summed E-state index contributed by atoms with van der Waals surface area (Å²) in [7, 11) is -3.54. The van der Waals surface area contributed by atoms with Crippen LogP contribution in [-0.4, -0.2) is 40.8 Å².